The van der Waals surface area contributed by atoms with Gasteiger partial charge in [0.05, 0.1) is 11.0 Å². The van der Waals surface area contributed by atoms with Crippen LogP contribution < -0.4 is 5.73 Å². The Morgan fingerprint density at radius 1 is 1.14 bits per heavy atom. The molecular weight excluding hydrogens is 262 g/mol. The monoisotopic (exact) mass is 289 g/mol. The number of fused-ring (bicyclic) bond motifs is 1. The molecule has 5 heteroatoms. The molecule has 0 unspecified atom stereocenters. The number of nitrogens with zero attached hydrogens (tertiary/aromatic N) is 3. The van der Waals surface area contributed by atoms with Crippen LogP contribution in [0.15, 0.2) is 18.2 Å². The van der Waals surface area contributed by atoms with Crippen LogP contribution in [-0.4, -0.2) is 60.0 Å². The number of aromatic nitrogens is 2. The van der Waals surface area contributed by atoms with Gasteiger partial charge in [-0.3, -0.25) is 0 Å². The summed E-state index contributed by atoms with van der Waals surface area (Å²) in [5, 5.41) is 0. The van der Waals surface area contributed by atoms with Crippen LogP contribution in [0.25, 0.3) is 11.0 Å². The minimum atomic E-state index is 0.774. The van der Waals surface area contributed by atoms with E-state index in [0.717, 1.165) is 55.1 Å². The van der Waals surface area contributed by atoms with Gasteiger partial charge in [-0.05, 0) is 45.3 Å². The summed E-state index contributed by atoms with van der Waals surface area (Å²) >= 11 is 0. The van der Waals surface area contributed by atoms with Crippen LogP contribution in [0.5, 0.6) is 0 Å². The standard InChI is InChI=1S/C16H27N5/c1-4-8-21(11-10-20(2)3)9-7-16-18-14-6-5-13(17)12-15(14)19-16/h5-6,12H,4,7-11,17H2,1-3H3,(H,18,19). The van der Waals surface area contributed by atoms with Crippen LogP contribution in [-0.2, 0) is 6.42 Å². The van der Waals surface area contributed by atoms with Gasteiger partial charge in [0, 0.05) is 31.7 Å². The van der Waals surface area contributed by atoms with Gasteiger partial charge in [-0.1, -0.05) is 6.92 Å². The predicted octanol–water partition coefficient (Wildman–Crippen LogP) is 1.96. The molecular formula is C16H27N5. The average molecular weight is 289 g/mol. The second-order valence-electron chi connectivity index (χ2n) is 5.86. The Kier molecular flexibility index (Phi) is 5.59. The maximum Gasteiger partial charge on any atom is 0.108 e. The first-order chi connectivity index (χ1) is 10.1. The number of nitrogens with two attached hydrogens (primary N) is 1. The summed E-state index contributed by atoms with van der Waals surface area (Å²) < 4.78 is 0. The molecule has 116 valence electrons. The SMILES string of the molecule is CCCN(CCc1nc2ccc(N)cc2[nH]1)CCN(C)C. The molecule has 1 aromatic heterocycles. The molecule has 0 amide bonds. The summed E-state index contributed by atoms with van der Waals surface area (Å²) in [6, 6.07) is 5.82. The fourth-order valence-electron chi connectivity index (χ4n) is 2.46. The van der Waals surface area contributed by atoms with Crippen LogP contribution in [0.4, 0.5) is 5.69 Å². The van der Waals surface area contributed by atoms with E-state index in [4.69, 9.17) is 5.73 Å². The summed E-state index contributed by atoms with van der Waals surface area (Å²) in [4.78, 5) is 12.7. The van der Waals surface area contributed by atoms with Gasteiger partial charge in [0.15, 0.2) is 0 Å². The van der Waals surface area contributed by atoms with Gasteiger partial charge in [0.1, 0.15) is 5.82 Å². The van der Waals surface area contributed by atoms with Crippen molar-refractivity contribution in [1.29, 1.82) is 0 Å². The quantitative estimate of drug-likeness (QED) is 0.729. The Morgan fingerprint density at radius 3 is 2.67 bits per heavy atom. The van der Waals surface area contributed by atoms with E-state index in [2.05, 4.69) is 40.8 Å². The maximum absolute atomic E-state index is 5.80. The lowest BCUT2D eigenvalue weighted by Crippen LogP contribution is -2.34. The van der Waals surface area contributed by atoms with Crippen LogP contribution in [0, 0.1) is 0 Å². The minimum absolute atomic E-state index is 0.774. The van der Waals surface area contributed by atoms with E-state index < -0.39 is 0 Å². The lowest BCUT2D eigenvalue weighted by molar-refractivity contribution is 0.242. The number of anilines is 1. The third-order valence-electron chi connectivity index (χ3n) is 3.62. The van der Waals surface area contributed by atoms with Crippen molar-refractivity contribution in [3.63, 3.8) is 0 Å². The average Bonchev–Trinajstić information content (AvgIpc) is 2.83. The second kappa shape index (κ2) is 7.43. The first-order valence-corrected chi connectivity index (χ1v) is 7.69. The zero-order valence-corrected chi connectivity index (χ0v) is 13.4. The number of hydrogen-bond donors (Lipinski definition) is 2. The molecule has 0 aliphatic rings. The normalized spacial score (nSPS) is 11.9. The molecule has 0 aliphatic heterocycles. The predicted molar refractivity (Wildman–Crippen MR) is 89.5 cm³/mol. The fraction of sp³-hybridized carbons (Fsp3) is 0.562. The zero-order chi connectivity index (χ0) is 15.2. The Morgan fingerprint density at radius 2 is 1.95 bits per heavy atom. The lowest BCUT2D eigenvalue weighted by Gasteiger charge is -2.23. The number of H-pyrrole nitrogens is 1. The van der Waals surface area contributed by atoms with Gasteiger partial charge in [0.25, 0.3) is 0 Å². The van der Waals surface area contributed by atoms with Crippen molar-refractivity contribution in [2.24, 2.45) is 0 Å². The van der Waals surface area contributed by atoms with E-state index in [1.807, 2.05) is 18.2 Å². The van der Waals surface area contributed by atoms with Crippen molar-refractivity contribution < 1.29 is 0 Å². The van der Waals surface area contributed by atoms with E-state index in [1.165, 1.54) is 6.42 Å². The highest BCUT2D eigenvalue weighted by Gasteiger charge is 2.08. The molecule has 3 N–H and O–H groups in total. The van der Waals surface area contributed by atoms with Gasteiger partial charge < -0.3 is 20.5 Å². The lowest BCUT2D eigenvalue weighted by atomic mass is 10.3. The van der Waals surface area contributed by atoms with Crippen LogP contribution in [0.1, 0.15) is 19.2 Å². The van der Waals surface area contributed by atoms with Gasteiger partial charge in [0.2, 0.25) is 0 Å². The van der Waals surface area contributed by atoms with E-state index >= 15 is 0 Å². The number of hydrogen-bond acceptors (Lipinski definition) is 4. The molecule has 0 saturated carbocycles. The van der Waals surface area contributed by atoms with E-state index in [0.29, 0.717) is 0 Å². The molecule has 0 radical (unpaired) electrons. The molecule has 0 spiro atoms. The Bertz CT molecular complexity index is 561. The van der Waals surface area contributed by atoms with E-state index in [1.54, 1.807) is 0 Å². The minimum Gasteiger partial charge on any atom is -0.399 e. The highest BCUT2D eigenvalue weighted by molar-refractivity contribution is 5.78. The largest absolute Gasteiger partial charge is 0.399 e. The Labute approximate surface area is 127 Å². The molecule has 1 aromatic carbocycles. The highest BCUT2D eigenvalue weighted by Crippen LogP contribution is 2.15. The topological polar surface area (TPSA) is 61.2 Å². The van der Waals surface area contributed by atoms with Crippen molar-refractivity contribution in [2.75, 3.05) is 46.0 Å². The third kappa shape index (κ3) is 4.72. The number of aromatic amines is 1. The fourth-order valence-corrected chi connectivity index (χ4v) is 2.46. The van der Waals surface area contributed by atoms with Crippen molar-refractivity contribution in [3.8, 4) is 0 Å². The van der Waals surface area contributed by atoms with Crippen molar-refractivity contribution in [2.45, 2.75) is 19.8 Å². The number of likely N-dealkylation sites (N-methyl/N-ethyl adjacent to an activating group) is 1. The van der Waals surface area contributed by atoms with Crippen LogP contribution in [0.3, 0.4) is 0 Å². The molecule has 0 aliphatic carbocycles. The summed E-state index contributed by atoms with van der Waals surface area (Å²) in [5.74, 6) is 1.04. The summed E-state index contributed by atoms with van der Waals surface area (Å²) in [6.45, 7) is 6.61. The number of nitrogen functional groups attached to an aromatic ring is 1. The van der Waals surface area contributed by atoms with Gasteiger partial charge >= 0.3 is 0 Å². The maximum atomic E-state index is 5.80. The summed E-state index contributed by atoms with van der Waals surface area (Å²) in [6.07, 6.45) is 2.13. The molecule has 0 bridgehead atoms. The molecule has 0 fully saturated rings. The molecule has 1 heterocycles. The Hall–Kier alpha value is -1.59. The molecule has 21 heavy (non-hydrogen) atoms. The summed E-state index contributed by atoms with van der Waals surface area (Å²) in [5.41, 5.74) is 8.60. The molecule has 2 aromatic rings. The van der Waals surface area contributed by atoms with Crippen LogP contribution >= 0.6 is 0 Å². The Balaban J connectivity index is 1.94. The van der Waals surface area contributed by atoms with Gasteiger partial charge in [-0.2, -0.15) is 0 Å². The highest BCUT2D eigenvalue weighted by atomic mass is 15.2. The van der Waals surface area contributed by atoms with Gasteiger partial charge in [-0.25, -0.2) is 4.98 Å². The third-order valence-corrected chi connectivity index (χ3v) is 3.62. The second-order valence-corrected chi connectivity index (χ2v) is 5.86. The van der Waals surface area contributed by atoms with E-state index in [9.17, 15) is 0 Å². The summed E-state index contributed by atoms with van der Waals surface area (Å²) in [7, 11) is 4.24. The number of benzene rings is 1. The van der Waals surface area contributed by atoms with E-state index in [-0.39, 0.29) is 0 Å². The van der Waals surface area contributed by atoms with Crippen molar-refractivity contribution >= 4 is 16.7 Å². The van der Waals surface area contributed by atoms with Crippen molar-refractivity contribution in [1.82, 2.24) is 19.8 Å². The molecule has 0 atom stereocenters. The smallest absolute Gasteiger partial charge is 0.108 e. The molecule has 5 nitrogen and oxygen atoms in total. The first-order valence-electron chi connectivity index (χ1n) is 7.69. The first kappa shape index (κ1) is 15.8. The van der Waals surface area contributed by atoms with Crippen LogP contribution in [0.2, 0.25) is 0 Å². The molecule has 2 rings (SSSR count). The number of nitrogens with one attached hydrogen (secondary N) is 1. The zero-order valence-electron chi connectivity index (χ0n) is 13.4. The molecule has 0 saturated heterocycles. The van der Waals surface area contributed by atoms with Gasteiger partial charge in [-0.15, -0.1) is 0 Å². The number of imidazole rings is 1. The van der Waals surface area contributed by atoms with Crippen molar-refractivity contribution in [3.05, 3.63) is 24.0 Å². The number of rotatable bonds is 8.